The standard InChI is InChI=1S/C13H22ClN3S/c1-4-6-8-17(9-7-5-2)12-10-11(14)15-13(16-12)18-3/h10H,4-9H2,1-3H3. The Labute approximate surface area is 119 Å². The Morgan fingerprint density at radius 3 is 2.28 bits per heavy atom. The summed E-state index contributed by atoms with van der Waals surface area (Å²) in [5, 5.41) is 1.28. The van der Waals surface area contributed by atoms with E-state index in [-0.39, 0.29) is 0 Å². The van der Waals surface area contributed by atoms with Crippen molar-refractivity contribution in [3.05, 3.63) is 11.2 Å². The second kappa shape index (κ2) is 8.59. The number of thioether (sulfide) groups is 1. The molecule has 0 atom stereocenters. The molecule has 18 heavy (non-hydrogen) atoms. The molecule has 5 heteroatoms. The van der Waals surface area contributed by atoms with Gasteiger partial charge in [-0.05, 0) is 19.1 Å². The zero-order chi connectivity index (χ0) is 13.4. The number of hydrogen-bond acceptors (Lipinski definition) is 4. The van der Waals surface area contributed by atoms with Gasteiger partial charge in [-0.15, -0.1) is 0 Å². The monoisotopic (exact) mass is 287 g/mol. The molecule has 0 aliphatic carbocycles. The van der Waals surface area contributed by atoms with Crippen molar-refractivity contribution in [1.82, 2.24) is 9.97 Å². The van der Waals surface area contributed by atoms with Gasteiger partial charge in [-0.3, -0.25) is 0 Å². The first-order chi connectivity index (χ1) is 8.71. The van der Waals surface area contributed by atoms with Crippen molar-refractivity contribution in [3.8, 4) is 0 Å². The van der Waals surface area contributed by atoms with Crippen LogP contribution in [0.4, 0.5) is 5.82 Å². The van der Waals surface area contributed by atoms with Crippen molar-refractivity contribution in [2.45, 2.75) is 44.7 Å². The predicted molar refractivity (Wildman–Crippen MR) is 80.9 cm³/mol. The first-order valence-electron chi connectivity index (χ1n) is 6.54. The fraction of sp³-hybridized carbons (Fsp3) is 0.692. The van der Waals surface area contributed by atoms with E-state index in [2.05, 4.69) is 28.7 Å². The van der Waals surface area contributed by atoms with E-state index in [0.717, 1.165) is 24.1 Å². The first kappa shape index (κ1) is 15.6. The van der Waals surface area contributed by atoms with Crippen LogP contribution >= 0.6 is 23.4 Å². The quantitative estimate of drug-likeness (QED) is 0.406. The Bertz CT molecular complexity index is 352. The average molecular weight is 288 g/mol. The maximum absolute atomic E-state index is 6.05. The lowest BCUT2D eigenvalue weighted by Gasteiger charge is -2.23. The molecular formula is C13H22ClN3S. The van der Waals surface area contributed by atoms with Crippen molar-refractivity contribution in [1.29, 1.82) is 0 Å². The molecule has 1 aromatic rings. The summed E-state index contributed by atoms with van der Waals surface area (Å²) in [6.07, 6.45) is 6.71. The van der Waals surface area contributed by atoms with Gasteiger partial charge in [0.05, 0.1) is 0 Å². The van der Waals surface area contributed by atoms with Crippen molar-refractivity contribution >= 4 is 29.2 Å². The maximum atomic E-state index is 6.05. The molecule has 1 heterocycles. The first-order valence-corrected chi connectivity index (χ1v) is 8.15. The number of anilines is 1. The van der Waals surface area contributed by atoms with Crippen LogP contribution in [-0.4, -0.2) is 29.3 Å². The summed E-state index contributed by atoms with van der Waals surface area (Å²) in [5.74, 6) is 0.959. The van der Waals surface area contributed by atoms with Gasteiger partial charge in [-0.1, -0.05) is 50.1 Å². The van der Waals surface area contributed by atoms with Crippen molar-refractivity contribution < 1.29 is 0 Å². The van der Waals surface area contributed by atoms with Crippen LogP contribution in [0, 0.1) is 0 Å². The van der Waals surface area contributed by atoms with Crippen LogP contribution in [0.15, 0.2) is 11.2 Å². The third-order valence-corrected chi connectivity index (χ3v) is 3.47. The largest absolute Gasteiger partial charge is 0.356 e. The lowest BCUT2D eigenvalue weighted by molar-refractivity contribution is 0.666. The minimum absolute atomic E-state index is 0.530. The summed E-state index contributed by atoms with van der Waals surface area (Å²) >= 11 is 7.58. The normalized spacial score (nSPS) is 10.7. The minimum Gasteiger partial charge on any atom is -0.356 e. The molecule has 0 unspecified atom stereocenters. The Balaban J connectivity index is 2.84. The predicted octanol–water partition coefficient (Wildman–Crippen LogP) is 4.26. The Kier molecular flexibility index (Phi) is 7.44. The van der Waals surface area contributed by atoms with Crippen LogP contribution in [0.1, 0.15) is 39.5 Å². The van der Waals surface area contributed by atoms with E-state index in [0.29, 0.717) is 5.15 Å². The highest BCUT2D eigenvalue weighted by Crippen LogP contribution is 2.21. The van der Waals surface area contributed by atoms with E-state index in [1.807, 2.05) is 12.3 Å². The molecule has 1 aromatic heterocycles. The number of hydrogen-bond donors (Lipinski definition) is 0. The molecule has 102 valence electrons. The fourth-order valence-electron chi connectivity index (χ4n) is 1.68. The highest BCUT2D eigenvalue weighted by atomic mass is 35.5. The highest BCUT2D eigenvalue weighted by molar-refractivity contribution is 7.98. The van der Waals surface area contributed by atoms with Crippen molar-refractivity contribution in [3.63, 3.8) is 0 Å². The van der Waals surface area contributed by atoms with Gasteiger partial charge in [0.2, 0.25) is 0 Å². The van der Waals surface area contributed by atoms with Crippen LogP contribution in [0.3, 0.4) is 0 Å². The molecular weight excluding hydrogens is 266 g/mol. The molecule has 0 amide bonds. The zero-order valence-electron chi connectivity index (χ0n) is 11.4. The smallest absolute Gasteiger partial charge is 0.190 e. The molecule has 0 fully saturated rings. The van der Waals surface area contributed by atoms with E-state index in [1.54, 1.807) is 0 Å². The van der Waals surface area contributed by atoms with Gasteiger partial charge in [0.15, 0.2) is 5.16 Å². The molecule has 0 bridgehead atoms. The molecule has 0 radical (unpaired) electrons. The molecule has 0 spiro atoms. The van der Waals surface area contributed by atoms with Crippen LogP contribution in [0.2, 0.25) is 5.15 Å². The molecule has 0 aliphatic heterocycles. The lowest BCUT2D eigenvalue weighted by atomic mass is 10.2. The summed E-state index contributed by atoms with van der Waals surface area (Å²) in [5.41, 5.74) is 0. The number of nitrogens with zero attached hydrogens (tertiary/aromatic N) is 3. The molecule has 0 aromatic carbocycles. The van der Waals surface area contributed by atoms with Crippen molar-refractivity contribution in [2.75, 3.05) is 24.2 Å². The number of halogens is 1. The second-order valence-electron chi connectivity index (χ2n) is 4.23. The lowest BCUT2D eigenvalue weighted by Crippen LogP contribution is -2.26. The number of aromatic nitrogens is 2. The topological polar surface area (TPSA) is 29.0 Å². The van der Waals surface area contributed by atoms with Crippen LogP contribution in [0.5, 0.6) is 0 Å². The van der Waals surface area contributed by atoms with Crippen molar-refractivity contribution in [2.24, 2.45) is 0 Å². The molecule has 0 N–H and O–H groups in total. The number of unbranched alkanes of at least 4 members (excludes halogenated alkanes) is 2. The van der Waals surface area contributed by atoms with E-state index in [1.165, 1.54) is 37.4 Å². The van der Waals surface area contributed by atoms with Gasteiger partial charge in [0.25, 0.3) is 0 Å². The van der Waals surface area contributed by atoms with E-state index < -0.39 is 0 Å². The third kappa shape index (κ3) is 5.02. The van der Waals surface area contributed by atoms with E-state index in [9.17, 15) is 0 Å². The van der Waals surface area contributed by atoms with Gasteiger partial charge in [-0.25, -0.2) is 9.97 Å². The van der Waals surface area contributed by atoms with Crippen LogP contribution in [-0.2, 0) is 0 Å². The van der Waals surface area contributed by atoms with Gasteiger partial charge >= 0.3 is 0 Å². The summed E-state index contributed by atoms with van der Waals surface area (Å²) in [6, 6.07) is 1.87. The highest BCUT2D eigenvalue weighted by Gasteiger charge is 2.10. The van der Waals surface area contributed by atoms with Crippen LogP contribution in [0.25, 0.3) is 0 Å². The fourth-order valence-corrected chi connectivity index (χ4v) is 2.28. The van der Waals surface area contributed by atoms with Gasteiger partial charge in [0.1, 0.15) is 11.0 Å². The Hall–Kier alpha value is -0.480. The SMILES string of the molecule is CCCCN(CCCC)c1cc(Cl)nc(SC)n1. The van der Waals surface area contributed by atoms with E-state index in [4.69, 9.17) is 11.6 Å². The summed E-state index contributed by atoms with van der Waals surface area (Å²) in [4.78, 5) is 11.1. The van der Waals surface area contributed by atoms with Crippen LogP contribution < -0.4 is 4.90 Å². The molecule has 0 aliphatic rings. The molecule has 1 rings (SSSR count). The minimum atomic E-state index is 0.530. The average Bonchev–Trinajstić information content (AvgIpc) is 2.38. The maximum Gasteiger partial charge on any atom is 0.190 e. The van der Waals surface area contributed by atoms with Gasteiger partial charge < -0.3 is 4.90 Å². The third-order valence-electron chi connectivity index (χ3n) is 2.73. The number of rotatable bonds is 8. The molecule has 0 saturated heterocycles. The Morgan fingerprint density at radius 1 is 1.17 bits per heavy atom. The van der Waals surface area contributed by atoms with E-state index >= 15 is 0 Å². The second-order valence-corrected chi connectivity index (χ2v) is 5.39. The summed E-state index contributed by atoms with van der Waals surface area (Å²) in [7, 11) is 0. The molecule has 3 nitrogen and oxygen atoms in total. The van der Waals surface area contributed by atoms with Gasteiger partial charge in [-0.2, -0.15) is 0 Å². The van der Waals surface area contributed by atoms with Gasteiger partial charge in [0, 0.05) is 19.2 Å². The zero-order valence-corrected chi connectivity index (χ0v) is 13.0. The summed E-state index contributed by atoms with van der Waals surface area (Å²) < 4.78 is 0. The summed E-state index contributed by atoms with van der Waals surface area (Å²) in [6.45, 7) is 6.49. The Morgan fingerprint density at radius 2 is 1.78 bits per heavy atom. The molecule has 0 saturated carbocycles.